The number of aryl methyl sites for hydroxylation is 2. The van der Waals surface area contributed by atoms with Crippen LogP contribution in [-0.2, 0) is 20.0 Å². The van der Waals surface area contributed by atoms with Crippen LogP contribution in [0, 0.1) is 31.3 Å². The number of fused-ring (bicyclic) bond motifs is 12. The number of nitrogens with zero attached hydrogens (tertiary/aromatic N) is 9. The number of halogens is 3. The molecule has 0 radical (unpaired) electrons. The molecule has 0 fully saturated rings. The van der Waals surface area contributed by atoms with Crippen LogP contribution in [0.3, 0.4) is 0 Å². The van der Waals surface area contributed by atoms with E-state index in [2.05, 4.69) is 25.6 Å². The number of furan rings is 2. The van der Waals surface area contributed by atoms with Gasteiger partial charge < -0.3 is 19.5 Å². The zero-order valence-corrected chi connectivity index (χ0v) is 50.2. The molecule has 19 nitrogen and oxygen atoms in total. The molecule has 0 atom stereocenters. The van der Waals surface area contributed by atoms with E-state index in [1.807, 2.05) is 19.1 Å². The molecule has 14 rings (SSSR count). The molecule has 446 valence electrons. The Morgan fingerprint density at radius 2 is 1.01 bits per heavy atom. The molecule has 0 aliphatic heterocycles. The van der Waals surface area contributed by atoms with Gasteiger partial charge in [0.25, 0.3) is 11.8 Å². The van der Waals surface area contributed by atoms with E-state index in [9.17, 15) is 39.6 Å². The molecule has 14 aromatic rings. The summed E-state index contributed by atoms with van der Waals surface area (Å²) in [5.41, 5.74) is 10.3. The Kier molecular flexibility index (Phi) is 13.7. The van der Waals surface area contributed by atoms with Gasteiger partial charge in [-0.05, 0) is 123 Å². The normalized spacial score (nSPS) is 12.0. The summed E-state index contributed by atoms with van der Waals surface area (Å²) in [6, 6.07) is 34.3. The van der Waals surface area contributed by atoms with E-state index in [4.69, 9.17) is 18.8 Å². The first-order valence-electron chi connectivity index (χ1n) is 27.4. The summed E-state index contributed by atoms with van der Waals surface area (Å²) in [4.78, 5) is 49.8. The van der Waals surface area contributed by atoms with E-state index in [1.165, 1.54) is 58.5 Å². The zero-order valence-electron chi connectivity index (χ0n) is 48.6. The summed E-state index contributed by atoms with van der Waals surface area (Å²) in [6.45, 7) is 3.56. The van der Waals surface area contributed by atoms with E-state index in [0.717, 1.165) is 26.8 Å². The second-order valence-corrected chi connectivity index (χ2v) is 25.4. The Labute approximate surface area is 504 Å². The van der Waals surface area contributed by atoms with Crippen molar-refractivity contribution in [1.29, 1.82) is 0 Å². The number of rotatable bonds is 10. The van der Waals surface area contributed by atoms with Gasteiger partial charge in [0.1, 0.15) is 63.8 Å². The SMILES string of the molecule is CNC(=O)c1c(-c2ccc(C)nc2)oc2cc(N(C)S(C)(=O)=O)c(-c3ccc4ncn5c6cccc(F)c6cc5c4n3)cc12.CNC(=O)c1c(-c2ccc(F)cc2C)oc2cc(N(C)S(C)(=O)=O)c(-c3ccc4ncn5c6cccc(F)c6cc5c4n3)cc12. The Morgan fingerprint density at radius 3 is 1.46 bits per heavy atom. The molecule has 0 bridgehead atoms. The largest absolute Gasteiger partial charge is 0.455 e. The lowest BCUT2D eigenvalue weighted by Gasteiger charge is -2.20. The summed E-state index contributed by atoms with van der Waals surface area (Å²) in [7, 11) is -1.61. The number of nitrogens with one attached hydrogen (secondary N) is 2. The van der Waals surface area contributed by atoms with Crippen LogP contribution in [0.5, 0.6) is 0 Å². The van der Waals surface area contributed by atoms with Crippen molar-refractivity contribution >= 4 is 120 Å². The Morgan fingerprint density at radius 1 is 0.528 bits per heavy atom. The highest BCUT2D eigenvalue weighted by molar-refractivity contribution is 7.92. The third-order valence-corrected chi connectivity index (χ3v) is 18.3. The first-order valence-corrected chi connectivity index (χ1v) is 31.1. The monoisotopic (exact) mass is 1230 g/mol. The highest BCUT2D eigenvalue weighted by Gasteiger charge is 2.30. The van der Waals surface area contributed by atoms with Gasteiger partial charge >= 0.3 is 0 Å². The number of pyridine rings is 3. The molecule has 0 aliphatic rings. The maximum absolute atomic E-state index is 14.7. The van der Waals surface area contributed by atoms with Gasteiger partial charge in [0.05, 0.1) is 79.5 Å². The minimum atomic E-state index is -3.76. The summed E-state index contributed by atoms with van der Waals surface area (Å²) >= 11 is 0. The third kappa shape index (κ3) is 9.72. The van der Waals surface area contributed by atoms with Crippen molar-refractivity contribution in [2.45, 2.75) is 13.8 Å². The molecule has 0 aliphatic carbocycles. The van der Waals surface area contributed by atoms with E-state index >= 15 is 0 Å². The lowest BCUT2D eigenvalue weighted by molar-refractivity contribution is 0.0956. The topological polar surface area (TPSA) is 233 Å². The van der Waals surface area contributed by atoms with Crippen molar-refractivity contribution in [3.63, 3.8) is 0 Å². The van der Waals surface area contributed by atoms with Gasteiger partial charge in [0.2, 0.25) is 20.0 Å². The van der Waals surface area contributed by atoms with Crippen molar-refractivity contribution < 1.29 is 48.4 Å². The fourth-order valence-electron chi connectivity index (χ4n) is 11.2. The van der Waals surface area contributed by atoms with Crippen LogP contribution < -0.4 is 19.2 Å². The number of aromatic nitrogens is 7. The molecular formula is C65H50F3N11O8S2. The van der Waals surface area contributed by atoms with E-state index < -0.39 is 31.8 Å². The van der Waals surface area contributed by atoms with Gasteiger partial charge in [0, 0.05) is 96.0 Å². The lowest BCUT2D eigenvalue weighted by Crippen LogP contribution is -2.25. The molecule has 5 aromatic carbocycles. The number of anilines is 2. The van der Waals surface area contributed by atoms with Crippen LogP contribution in [0.25, 0.3) is 122 Å². The molecule has 2 amide bonds. The Bertz CT molecular complexity index is 5590. The average molecular weight is 1230 g/mol. The van der Waals surface area contributed by atoms with Crippen molar-refractivity contribution in [2.24, 2.45) is 0 Å². The molecule has 2 N–H and O–H groups in total. The van der Waals surface area contributed by atoms with Gasteiger partial charge in [-0.2, -0.15) is 0 Å². The van der Waals surface area contributed by atoms with Crippen molar-refractivity contribution in [1.82, 2.24) is 44.4 Å². The standard InChI is InChI=1S/C33H25F2N5O4S.C32H25FN6O4S/c1-17-12-18(34)8-9-19(17)32-30(33(41)36-2)22-13-21(27(15-29(22)44-32)39(3)45(4,42)43)24-10-11-25-31(38-24)28-14-20-23(35)6-5-7-26(20)40(28)16-37-25;1-17-8-9-18(15-35-17)31-29(32(40)34-2)21-12-20(26(14-28(21)43-31)38(3)44(4,41)42)23-10-11-24-30(37-23)27-13-19-22(33)6-5-7-25(19)39(27)16-36-24/h5-16H,1-4H3,(H,36,41);5-16H,1-4H3,(H,34,40). The van der Waals surface area contributed by atoms with Crippen LogP contribution in [0.1, 0.15) is 32.0 Å². The molecule has 9 aromatic heterocycles. The van der Waals surface area contributed by atoms with Crippen LogP contribution >= 0.6 is 0 Å². The highest BCUT2D eigenvalue weighted by Crippen LogP contribution is 2.44. The number of carbonyl (C=O) groups excluding carboxylic acids is 2. The molecule has 0 spiro atoms. The number of hydrogen-bond donors (Lipinski definition) is 2. The van der Waals surface area contributed by atoms with E-state index in [0.29, 0.717) is 122 Å². The number of amides is 2. The number of benzene rings is 5. The molecule has 89 heavy (non-hydrogen) atoms. The van der Waals surface area contributed by atoms with Crippen LogP contribution in [0.4, 0.5) is 24.5 Å². The highest BCUT2D eigenvalue weighted by atomic mass is 32.2. The molecular weight excluding hydrogens is 1180 g/mol. The van der Waals surface area contributed by atoms with Crippen molar-refractivity contribution in [2.75, 3.05) is 49.3 Å². The number of sulfonamides is 2. The predicted octanol–water partition coefficient (Wildman–Crippen LogP) is 12.2. The smallest absolute Gasteiger partial charge is 0.255 e. The first kappa shape index (κ1) is 57.4. The number of carbonyl (C=O) groups is 2. The molecule has 0 saturated carbocycles. The first-order chi connectivity index (χ1) is 42.5. The maximum Gasteiger partial charge on any atom is 0.255 e. The van der Waals surface area contributed by atoms with Gasteiger partial charge in [-0.3, -0.25) is 32.0 Å². The molecule has 0 saturated heterocycles. The third-order valence-electron chi connectivity index (χ3n) is 15.9. The minimum Gasteiger partial charge on any atom is -0.455 e. The lowest BCUT2D eigenvalue weighted by atomic mass is 9.98. The Hall–Kier alpha value is -10.7. The quantitative estimate of drug-likeness (QED) is 0.130. The second-order valence-electron chi connectivity index (χ2n) is 21.4. The van der Waals surface area contributed by atoms with Crippen molar-refractivity contribution in [3.05, 3.63) is 186 Å². The summed E-state index contributed by atoms with van der Waals surface area (Å²) in [6.07, 6.45) is 7.03. The summed E-state index contributed by atoms with van der Waals surface area (Å²) < 4.78 is 113. The molecule has 24 heteroatoms. The van der Waals surface area contributed by atoms with E-state index in [-0.39, 0.29) is 45.7 Å². The molecule has 9 heterocycles. The van der Waals surface area contributed by atoms with Gasteiger partial charge in [-0.1, -0.05) is 12.1 Å². The van der Waals surface area contributed by atoms with Crippen LogP contribution in [-0.4, -0.2) is 103 Å². The zero-order chi connectivity index (χ0) is 62.7. The van der Waals surface area contributed by atoms with Gasteiger partial charge in [-0.25, -0.2) is 49.9 Å². The average Bonchev–Trinajstić information content (AvgIpc) is 1.74. The van der Waals surface area contributed by atoms with Crippen LogP contribution in [0.2, 0.25) is 0 Å². The Balaban J connectivity index is 0.000000164. The van der Waals surface area contributed by atoms with Gasteiger partial charge in [-0.15, -0.1) is 0 Å². The maximum atomic E-state index is 14.7. The molecule has 0 unspecified atom stereocenters. The fraction of sp³-hybridized carbons (Fsp3) is 0.123. The predicted molar refractivity (Wildman–Crippen MR) is 338 cm³/mol. The van der Waals surface area contributed by atoms with E-state index in [1.54, 1.807) is 120 Å². The van der Waals surface area contributed by atoms with Gasteiger partial charge in [0.15, 0.2) is 0 Å². The number of hydrogen-bond acceptors (Lipinski definition) is 13. The van der Waals surface area contributed by atoms with Crippen LogP contribution in [0.15, 0.2) is 155 Å². The second kappa shape index (κ2) is 21.3. The fourth-order valence-corrected chi connectivity index (χ4v) is 12.2. The summed E-state index contributed by atoms with van der Waals surface area (Å²) in [5, 5.41) is 7.04. The summed E-state index contributed by atoms with van der Waals surface area (Å²) in [5.74, 6) is -1.48. The minimum absolute atomic E-state index is 0.204. The van der Waals surface area contributed by atoms with Crippen molar-refractivity contribution in [3.8, 4) is 45.2 Å².